The van der Waals surface area contributed by atoms with Crippen LogP contribution in [0.4, 0.5) is 11.6 Å². The van der Waals surface area contributed by atoms with E-state index < -0.39 is 6.04 Å². The Hall–Kier alpha value is -4.86. The lowest BCUT2D eigenvalue weighted by atomic mass is 9.93. The van der Waals surface area contributed by atoms with Crippen molar-refractivity contribution < 1.29 is 19.0 Å². The number of pyridine rings is 1. The highest BCUT2D eigenvalue weighted by Gasteiger charge is 2.37. The number of hydrogen-bond donors (Lipinski definition) is 2. The van der Waals surface area contributed by atoms with Crippen molar-refractivity contribution in [3.8, 4) is 28.6 Å². The van der Waals surface area contributed by atoms with Gasteiger partial charge in [0.1, 0.15) is 11.8 Å². The molecule has 1 aliphatic rings. The second-order valence-corrected chi connectivity index (χ2v) is 8.28. The number of nitrogens with one attached hydrogen (secondary N) is 2. The highest BCUT2D eigenvalue weighted by Crippen LogP contribution is 2.44. The summed E-state index contributed by atoms with van der Waals surface area (Å²) in [6, 6.07) is 15.8. The van der Waals surface area contributed by atoms with E-state index in [0.717, 1.165) is 5.56 Å². The maximum atomic E-state index is 13.7. The highest BCUT2D eigenvalue weighted by molar-refractivity contribution is 6.06. The molecule has 0 fully saturated rings. The van der Waals surface area contributed by atoms with E-state index in [4.69, 9.17) is 24.3 Å². The van der Waals surface area contributed by atoms with Gasteiger partial charge in [-0.25, -0.2) is 4.68 Å². The zero-order chi connectivity index (χ0) is 25.9. The number of anilines is 2. The van der Waals surface area contributed by atoms with Gasteiger partial charge in [0.25, 0.3) is 5.91 Å². The molecule has 10 nitrogen and oxygen atoms in total. The molecule has 10 heteroatoms. The van der Waals surface area contributed by atoms with Gasteiger partial charge in [-0.05, 0) is 37.3 Å². The second-order valence-electron chi connectivity index (χ2n) is 8.28. The number of carbonyl (C=O) groups excluding carboxylic acids is 1. The van der Waals surface area contributed by atoms with Gasteiger partial charge in [0.05, 0.1) is 26.9 Å². The number of hydrogen-bond acceptors (Lipinski definition) is 8. The summed E-state index contributed by atoms with van der Waals surface area (Å²) in [6.07, 6.45) is 3.38. The summed E-state index contributed by atoms with van der Waals surface area (Å²) >= 11 is 0. The van der Waals surface area contributed by atoms with E-state index in [-0.39, 0.29) is 5.91 Å². The number of carbonyl (C=O) groups is 1. The standard InChI is InChI=1S/C27H26N6O4/c1-16-23(26(34)30-18-10-6-5-7-11-18)24(19-13-21(36-3)22(37-4)14-20(19)35-2)33-27(29-16)31-25(32-33)17-9-8-12-28-15-17/h5-15,24H,1-4H3,(H,30,34)(H,29,31,32). The van der Waals surface area contributed by atoms with Gasteiger partial charge in [-0.1, -0.05) is 18.2 Å². The van der Waals surface area contributed by atoms with Crippen LogP contribution in [0.15, 0.2) is 78.3 Å². The van der Waals surface area contributed by atoms with E-state index in [9.17, 15) is 4.79 Å². The largest absolute Gasteiger partial charge is 0.496 e. The van der Waals surface area contributed by atoms with E-state index in [1.165, 1.54) is 0 Å². The topological polar surface area (TPSA) is 112 Å². The lowest BCUT2D eigenvalue weighted by Gasteiger charge is -2.30. The Bertz CT molecular complexity index is 1470. The predicted molar refractivity (Wildman–Crippen MR) is 139 cm³/mol. The third kappa shape index (κ3) is 4.44. The smallest absolute Gasteiger partial charge is 0.255 e. The van der Waals surface area contributed by atoms with E-state index in [1.54, 1.807) is 50.5 Å². The Labute approximate surface area is 213 Å². The van der Waals surface area contributed by atoms with Gasteiger partial charge < -0.3 is 24.8 Å². The lowest BCUT2D eigenvalue weighted by Crippen LogP contribution is -2.31. The van der Waals surface area contributed by atoms with Crippen LogP contribution in [-0.2, 0) is 4.79 Å². The molecule has 1 atom stereocenters. The van der Waals surface area contributed by atoms with Crippen LogP contribution in [-0.4, -0.2) is 47.0 Å². The van der Waals surface area contributed by atoms with Gasteiger partial charge >= 0.3 is 0 Å². The summed E-state index contributed by atoms with van der Waals surface area (Å²) in [5.74, 6) is 2.16. The van der Waals surface area contributed by atoms with Crippen molar-refractivity contribution in [2.75, 3.05) is 32.0 Å². The number of nitrogens with zero attached hydrogens (tertiary/aromatic N) is 4. The number of benzene rings is 2. The zero-order valence-corrected chi connectivity index (χ0v) is 20.9. The summed E-state index contributed by atoms with van der Waals surface area (Å²) in [5.41, 5.74) is 3.16. The van der Waals surface area contributed by atoms with Gasteiger partial charge in [-0.2, -0.15) is 4.98 Å². The summed E-state index contributed by atoms with van der Waals surface area (Å²) in [4.78, 5) is 22.6. The minimum absolute atomic E-state index is 0.290. The number of rotatable bonds is 7. The summed E-state index contributed by atoms with van der Waals surface area (Å²) in [7, 11) is 4.68. The molecule has 0 saturated carbocycles. The number of amides is 1. The lowest BCUT2D eigenvalue weighted by molar-refractivity contribution is -0.113. The minimum atomic E-state index is -0.687. The molecule has 0 bridgehead atoms. The van der Waals surface area contributed by atoms with Crippen molar-refractivity contribution in [3.63, 3.8) is 0 Å². The van der Waals surface area contributed by atoms with Crippen LogP contribution in [0.2, 0.25) is 0 Å². The van der Waals surface area contributed by atoms with Crippen LogP contribution in [0.5, 0.6) is 17.2 Å². The molecular formula is C27H26N6O4. The highest BCUT2D eigenvalue weighted by atomic mass is 16.5. The maximum absolute atomic E-state index is 13.7. The summed E-state index contributed by atoms with van der Waals surface area (Å²) in [6.45, 7) is 1.84. The van der Waals surface area contributed by atoms with Crippen LogP contribution in [0.25, 0.3) is 11.4 Å². The van der Waals surface area contributed by atoms with Crippen LogP contribution in [0.1, 0.15) is 18.5 Å². The normalized spacial score (nSPS) is 14.4. The predicted octanol–water partition coefficient (Wildman–Crippen LogP) is 4.29. The number of allylic oxidation sites excluding steroid dienone is 1. The van der Waals surface area contributed by atoms with Gasteiger partial charge in [0.2, 0.25) is 5.95 Å². The average molecular weight is 499 g/mol. The third-order valence-corrected chi connectivity index (χ3v) is 6.08. The molecule has 37 heavy (non-hydrogen) atoms. The molecule has 1 aliphatic heterocycles. The molecule has 1 unspecified atom stereocenters. The van der Waals surface area contributed by atoms with E-state index in [0.29, 0.717) is 51.5 Å². The Kier molecular flexibility index (Phi) is 6.46. The molecule has 0 spiro atoms. The van der Waals surface area contributed by atoms with Crippen LogP contribution < -0.4 is 24.8 Å². The van der Waals surface area contributed by atoms with Crippen molar-refractivity contribution in [2.24, 2.45) is 0 Å². The zero-order valence-electron chi connectivity index (χ0n) is 20.9. The van der Waals surface area contributed by atoms with Crippen molar-refractivity contribution in [1.82, 2.24) is 19.7 Å². The molecule has 3 heterocycles. The number of aromatic nitrogens is 4. The quantitative estimate of drug-likeness (QED) is 0.388. The number of ether oxygens (including phenoxy) is 3. The molecule has 2 aromatic carbocycles. The molecule has 2 N–H and O–H groups in total. The molecule has 2 aromatic heterocycles. The summed E-state index contributed by atoms with van der Waals surface area (Å²) < 4.78 is 18.5. The van der Waals surface area contributed by atoms with Crippen molar-refractivity contribution >= 4 is 17.5 Å². The van der Waals surface area contributed by atoms with Crippen molar-refractivity contribution in [2.45, 2.75) is 13.0 Å². The molecule has 0 aliphatic carbocycles. The fourth-order valence-electron chi connectivity index (χ4n) is 4.34. The van der Waals surface area contributed by atoms with Gasteiger partial charge in [-0.3, -0.25) is 9.78 Å². The van der Waals surface area contributed by atoms with E-state index in [2.05, 4.69) is 15.6 Å². The summed E-state index contributed by atoms with van der Waals surface area (Å²) in [5, 5.41) is 11.0. The first-order chi connectivity index (χ1) is 18.0. The van der Waals surface area contributed by atoms with Crippen LogP contribution >= 0.6 is 0 Å². The molecule has 0 radical (unpaired) electrons. The first kappa shape index (κ1) is 23.9. The Morgan fingerprint density at radius 1 is 0.973 bits per heavy atom. The minimum Gasteiger partial charge on any atom is -0.496 e. The van der Waals surface area contributed by atoms with Crippen LogP contribution in [0.3, 0.4) is 0 Å². The fraction of sp³-hybridized carbons (Fsp3) is 0.185. The first-order valence-corrected chi connectivity index (χ1v) is 11.5. The SMILES string of the molecule is COc1cc(OC)c(C2C(C(=O)Nc3ccccc3)=C(C)Nc3nc(-c4cccnc4)nn32)cc1OC. The Balaban J connectivity index is 1.69. The van der Waals surface area contributed by atoms with Crippen molar-refractivity contribution in [3.05, 3.63) is 83.8 Å². The Morgan fingerprint density at radius 3 is 2.38 bits per heavy atom. The third-order valence-electron chi connectivity index (χ3n) is 6.08. The Morgan fingerprint density at radius 2 is 1.70 bits per heavy atom. The maximum Gasteiger partial charge on any atom is 0.255 e. The number of para-hydroxylation sites is 1. The second kappa shape index (κ2) is 10.0. The molecule has 1 amide bonds. The first-order valence-electron chi connectivity index (χ1n) is 11.5. The average Bonchev–Trinajstić information content (AvgIpc) is 3.36. The molecule has 188 valence electrons. The number of methoxy groups -OCH3 is 3. The van der Waals surface area contributed by atoms with Crippen molar-refractivity contribution in [1.29, 1.82) is 0 Å². The van der Waals surface area contributed by atoms with E-state index >= 15 is 0 Å². The monoisotopic (exact) mass is 498 g/mol. The molecule has 4 aromatic rings. The van der Waals surface area contributed by atoms with Gasteiger partial charge in [-0.15, -0.1) is 5.10 Å². The molecule has 0 saturated heterocycles. The van der Waals surface area contributed by atoms with E-state index in [1.807, 2.05) is 49.4 Å². The van der Waals surface area contributed by atoms with Gasteiger partial charge in [0, 0.05) is 41.0 Å². The molecule has 5 rings (SSSR count). The molecular weight excluding hydrogens is 472 g/mol. The van der Waals surface area contributed by atoms with Crippen LogP contribution in [0, 0.1) is 0 Å². The van der Waals surface area contributed by atoms with Gasteiger partial charge in [0.15, 0.2) is 17.3 Å². The number of fused-ring (bicyclic) bond motifs is 1. The fourth-order valence-corrected chi connectivity index (χ4v) is 4.34.